The molecule has 2 N–H and O–H groups in total. The van der Waals surface area contributed by atoms with Gasteiger partial charge in [-0.25, -0.2) is 5.48 Å². The standard InChI is InChI=1S/C20H20F3N3O4/c21-20(22,23)30-16-8-4-7-15(13-16)19(28)26-11-9-25(10-12-26)17(18(27)24-29)14-5-2-1-3-6-14/h1-8,13,17,29H,9-12H2,(H,24,27). The maximum Gasteiger partial charge on any atom is 0.573 e. The van der Waals surface area contributed by atoms with E-state index < -0.39 is 30.0 Å². The molecule has 0 spiro atoms. The number of rotatable bonds is 5. The summed E-state index contributed by atoms with van der Waals surface area (Å²) in [4.78, 5) is 28.2. The molecular formula is C20H20F3N3O4. The maximum atomic E-state index is 12.7. The summed E-state index contributed by atoms with van der Waals surface area (Å²) in [6.45, 7) is 1.23. The van der Waals surface area contributed by atoms with E-state index in [9.17, 15) is 22.8 Å². The minimum Gasteiger partial charge on any atom is -0.406 e. The summed E-state index contributed by atoms with van der Waals surface area (Å²) in [6.07, 6.45) is -4.84. The topological polar surface area (TPSA) is 82.1 Å². The van der Waals surface area contributed by atoms with E-state index >= 15 is 0 Å². The van der Waals surface area contributed by atoms with Gasteiger partial charge >= 0.3 is 6.36 Å². The fourth-order valence-corrected chi connectivity index (χ4v) is 3.42. The number of amides is 2. The highest BCUT2D eigenvalue weighted by molar-refractivity contribution is 5.94. The third-order valence-corrected chi connectivity index (χ3v) is 4.76. The van der Waals surface area contributed by atoms with Crippen molar-refractivity contribution < 1.29 is 32.7 Å². The smallest absolute Gasteiger partial charge is 0.406 e. The number of alkyl halides is 3. The lowest BCUT2D eigenvalue weighted by atomic mass is 10.0. The molecule has 0 aromatic heterocycles. The SMILES string of the molecule is O=C(NO)C(c1ccccc1)N1CCN(C(=O)c2cccc(OC(F)(F)F)c2)CC1. The van der Waals surface area contributed by atoms with Crippen molar-refractivity contribution in [2.75, 3.05) is 26.2 Å². The second-order valence-electron chi connectivity index (χ2n) is 6.69. The van der Waals surface area contributed by atoms with E-state index in [4.69, 9.17) is 5.21 Å². The average Bonchev–Trinajstić information content (AvgIpc) is 2.73. The highest BCUT2D eigenvalue weighted by atomic mass is 19.4. The van der Waals surface area contributed by atoms with Crippen LogP contribution in [-0.2, 0) is 4.79 Å². The van der Waals surface area contributed by atoms with E-state index in [1.54, 1.807) is 29.7 Å². The first-order valence-electron chi connectivity index (χ1n) is 9.16. The molecule has 0 bridgehead atoms. The number of nitrogens with one attached hydrogen (secondary N) is 1. The predicted octanol–water partition coefficient (Wildman–Crippen LogP) is 2.59. The van der Waals surface area contributed by atoms with Crippen LogP contribution in [0.5, 0.6) is 5.75 Å². The zero-order valence-electron chi connectivity index (χ0n) is 15.8. The Morgan fingerprint density at radius 3 is 2.27 bits per heavy atom. The Morgan fingerprint density at radius 2 is 1.67 bits per heavy atom. The fraction of sp³-hybridized carbons (Fsp3) is 0.300. The van der Waals surface area contributed by atoms with Crippen molar-refractivity contribution in [1.82, 2.24) is 15.3 Å². The van der Waals surface area contributed by atoms with E-state index in [0.717, 1.165) is 12.1 Å². The minimum absolute atomic E-state index is 0.0814. The van der Waals surface area contributed by atoms with Gasteiger partial charge in [-0.3, -0.25) is 19.7 Å². The molecule has 1 aliphatic rings. The predicted molar refractivity (Wildman–Crippen MR) is 99.7 cm³/mol. The van der Waals surface area contributed by atoms with Gasteiger partial charge in [0.1, 0.15) is 11.8 Å². The molecule has 7 nitrogen and oxygen atoms in total. The molecule has 0 aliphatic carbocycles. The van der Waals surface area contributed by atoms with Gasteiger partial charge in [0.25, 0.3) is 11.8 Å². The zero-order valence-corrected chi connectivity index (χ0v) is 15.8. The molecule has 2 aromatic carbocycles. The van der Waals surface area contributed by atoms with Gasteiger partial charge in [-0.2, -0.15) is 0 Å². The van der Waals surface area contributed by atoms with Crippen molar-refractivity contribution in [3.63, 3.8) is 0 Å². The van der Waals surface area contributed by atoms with Gasteiger partial charge in [-0.1, -0.05) is 36.4 Å². The first-order chi connectivity index (χ1) is 14.3. The lowest BCUT2D eigenvalue weighted by Crippen LogP contribution is -2.52. The molecule has 1 heterocycles. The van der Waals surface area contributed by atoms with Crippen LogP contribution in [0.3, 0.4) is 0 Å². The molecule has 0 radical (unpaired) electrons. The molecule has 2 aromatic rings. The second kappa shape index (κ2) is 9.14. The molecule has 1 unspecified atom stereocenters. The number of hydroxylamine groups is 1. The first kappa shape index (κ1) is 21.6. The van der Waals surface area contributed by atoms with Crippen molar-refractivity contribution >= 4 is 11.8 Å². The Hall–Kier alpha value is -3.11. The van der Waals surface area contributed by atoms with Gasteiger partial charge in [-0.05, 0) is 23.8 Å². The number of carbonyl (C=O) groups excluding carboxylic acids is 2. The molecule has 10 heteroatoms. The van der Waals surface area contributed by atoms with Crippen LogP contribution in [-0.4, -0.2) is 59.4 Å². The number of hydrogen-bond acceptors (Lipinski definition) is 5. The van der Waals surface area contributed by atoms with E-state index in [0.29, 0.717) is 18.7 Å². The third kappa shape index (κ3) is 5.28. The van der Waals surface area contributed by atoms with E-state index in [2.05, 4.69) is 4.74 Å². The average molecular weight is 423 g/mol. The molecule has 30 heavy (non-hydrogen) atoms. The first-order valence-corrected chi connectivity index (χ1v) is 9.16. The number of hydrogen-bond donors (Lipinski definition) is 2. The molecule has 2 amide bonds. The van der Waals surface area contributed by atoms with Crippen molar-refractivity contribution in [3.8, 4) is 5.75 Å². The van der Waals surface area contributed by atoms with Crippen molar-refractivity contribution in [1.29, 1.82) is 0 Å². The third-order valence-electron chi connectivity index (χ3n) is 4.76. The van der Waals surface area contributed by atoms with Gasteiger partial charge in [0.15, 0.2) is 0 Å². The lowest BCUT2D eigenvalue weighted by Gasteiger charge is -2.38. The molecule has 160 valence electrons. The Balaban J connectivity index is 1.68. The second-order valence-corrected chi connectivity index (χ2v) is 6.69. The molecule has 1 fully saturated rings. The fourth-order valence-electron chi connectivity index (χ4n) is 3.42. The summed E-state index contributed by atoms with van der Waals surface area (Å²) in [5.74, 6) is -1.47. The summed E-state index contributed by atoms with van der Waals surface area (Å²) in [7, 11) is 0. The molecule has 0 saturated carbocycles. The summed E-state index contributed by atoms with van der Waals surface area (Å²) in [6, 6.07) is 13.1. The summed E-state index contributed by atoms with van der Waals surface area (Å²) in [5.41, 5.74) is 2.46. The van der Waals surface area contributed by atoms with Gasteiger partial charge in [0.2, 0.25) is 0 Å². The quantitative estimate of drug-likeness (QED) is 0.571. The van der Waals surface area contributed by atoms with Crippen molar-refractivity contribution in [2.45, 2.75) is 12.4 Å². The van der Waals surface area contributed by atoms with Crippen LogP contribution >= 0.6 is 0 Å². The van der Waals surface area contributed by atoms with Crippen LogP contribution in [0.15, 0.2) is 54.6 Å². The van der Waals surface area contributed by atoms with Gasteiger partial charge in [-0.15, -0.1) is 13.2 Å². The maximum absolute atomic E-state index is 12.7. The van der Waals surface area contributed by atoms with Crippen LogP contribution in [0.25, 0.3) is 0 Å². The van der Waals surface area contributed by atoms with Crippen LogP contribution in [0, 0.1) is 0 Å². The number of benzene rings is 2. The molecule has 1 atom stereocenters. The normalized spacial score (nSPS) is 16.1. The molecular weight excluding hydrogens is 403 g/mol. The number of nitrogens with zero attached hydrogens (tertiary/aromatic N) is 2. The lowest BCUT2D eigenvalue weighted by molar-refractivity contribution is -0.274. The Morgan fingerprint density at radius 1 is 1.00 bits per heavy atom. The van der Waals surface area contributed by atoms with E-state index in [-0.39, 0.29) is 18.7 Å². The Labute approximate surface area is 170 Å². The molecule has 1 saturated heterocycles. The summed E-state index contributed by atoms with van der Waals surface area (Å²) >= 11 is 0. The van der Waals surface area contributed by atoms with Gasteiger partial charge < -0.3 is 9.64 Å². The molecule has 3 rings (SSSR count). The van der Waals surface area contributed by atoms with Gasteiger partial charge in [0, 0.05) is 31.7 Å². The Kier molecular flexibility index (Phi) is 6.58. The number of halogens is 3. The van der Waals surface area contributed by atoms with Crippen LogP contribution in [0.2, 0.25) is 0 Å². The highest BCUT2D eigenvalue weighted by Crippen LogP contribution is 2.25. The Bertz CT molecular complexity index is 884. The highest BCUT2D eigenvalue weighted by Gasteiger charge is 2.33. The van der Waals surface area contributed by atoms with E-state index in [1.165, 1.54) is 17.0 Å². The van der Waals surface area contributed by atoms with Gasteiger partial charge in [0.05, 0.1) is 0 Å². The van der Waals surface area contributed by atoms with Crippen molar-refractivity contribution in [2.24, 2.45) is 0 Å². The summed E-state index contributed by atoms with van der Waals surface area (Å²) < 4.78 is 41.1. The zero-order chi connectivity index (χ0) is 21.7. The number of piperazine rings is 1. The minimum atomic E-state index is -4.84. The van der Waals surface area contributed by atoms with Crippen LogP contribution in [0.1, 0.15) is 22.0 Å². The number of ether oxygens (including phenoxy) is 1. The largest absolute Gasteiger partial charge is 0.573 e. The van der Waals surface area contributed by atoms with Crippen LogP contribution < -0.4 is 10.2 Å². The van der Waals surface area contributed by atoms with E-state index in [1.807, 2.05) is 11.0 Å². The van der Waals surface area contributed by atoms with Crippen LogP contribution in [0.4, 0.5) is 13.2 Å². The molecule has 1 aliphatic heterocycles. The number of carbonyl (C=O) groups is 2. The monoisotopic (exact) mass is 423 g/mol. The van der Waals surface area contributed by atoms with Crippen molar-refractivity contribution in [3.05, 3.63) is 65.7 Å². The summed E-state index contributed by atoms with van der Waals surface area (Å²) in [5, 5.41) is 9.11.